The maximum absolute atomic E-state index is 12.2. The van der Waals surface area contributed by atoms with Crippen molar-refractivity contribution in [2.24, 2.45) is 11.1 Å². The number of carboxylic acids is 1. The van der Waals surface area contributed by atoms with Crippen LogP contribution in [-0.4, -0.2) is 71.3 Å². The topological polar surface area (TPSA) is 82.4 Å². The molecule has 0 bridgehead atoms. The summed E-state index contributed by atoms with van der Waals surface area (Å²) in [4.78, 5) is 32.1. The molecular formula is C13H19N3O4. The quantitative estimate of drug-likeness (QED) is 0.769. The summed E-state index contributed by atoms with van der Waals surface area (Å²) < 4.78 is 0. The van der Waals surface area contributed by atoms with Crippen LogP contribution >= 0.6 is 0 Å². The molecule has 3 rings (SSSR count). The molecule has 1 aliphatic carbocycles. The highest BCUT2D eigenvalue weighted by molar-refractivity contribution is 6.36. The normalized spacial score (nSPS) is 27.1. The first-order valence-electron chi connectivity index (χ1n) is 7.10. The van der Waals surface area contributed by atoms with E-state index in [-0.39, 0.29) is 18.0 Å². The summed E-state index contributed by atoms with van der Waals surface area (Å²) in [7, 11) is 0. The van der Waals surface area contributed by atoms with Gasteiger partial charge in [-0.05, 0) is 18.8 Å². The van der Waals surface area contributed by atoms with Gasteiger partial charge in [-0.1, -0.05) is 5.16 Å². The summed E-state index contributed by atoms with van der Waals surface area (Å²) in [6, 6.07) is 0. The fourth-order valence-electron chi connectivity index (χ4n) is 2.66. The number of carbonyl (C=O) groups is 2. The zero-order valence-corrected chi connectivity index (χ0v) is 11.3. The Kier molecular flexibility index (Phi) is 3.60. The first kappa shape index (κ1) is 13.4. The summed E-state index contributed by atoms with van der Waals surface area (Å²) in [5.41, 5.74) is -0.0734. The van der Waals surface area contributed by atoms with Crippen molar-refractivity contribution >= 4 is 17.6 Å². The van der Waals surface area contributed by atoms with Crippen molar-refractivity contribution in [3.05, 3.63) is 0 Å². The standard InChI is InChI=1S/C13H19N3O4/c17-12(11-7-10(13(18)19)14-20-11)16-5-3-15(4-6-16)8-9-1-2-9/h9,11H,1-8H2,(H,18,19). The molecule has 110 valence electrons. The Labute approximate surface area is 117 Å². The molecule has 3 aliphatic rings. The molecule has 1 amide bonds. The molecule has 7 nitrogen and oxygen atoms in total. The number of carbonyl (C=O) groups excluding carboxylic acids is 1. The highest BCUT2D eigenvalue weighted by Gasteiger charge is 2.36. The number of amides is 1. The van der Waals surface area contributed by atoms with Gasteiger partial charge in [-0.2, -0.15) is 0 Å². The summed E-state index contributed by atoms with van der Waals surface area (Å²) >= 11 is 0. The Bertz CT molecular complexity index is 439. The molecule has 2 heterocycles. The molecule has 20 heavy (non-hydrogen) atoms. The van der Waals surface area contributed by atoms with Gasteiger partial charge in [0, 0.05) is 39.1 Å². The summed E-state index contributed by atoms with van der Waals surface area (Å²) in [6.45, 7) is 4.30. The van der Waals surface area contributed by atoms with Gasteiger partial charge in [-0.15, -0.1) is 0 Å². The number of carboxylic acid groups (broad SMARTS) is 1. The Morgan fingerprint density at radius 2 is 1.95 bits per heavy atom. The number of piperazine rings is 1. The number of oxime groups is 1. The van der Waals surface area contributed by atoms with Crippen LogP contribution in [0.5, 0.6) is 0 Å². The van der Waals surface area contributed by atoms with Gasteiger partial charge in [0.05, 0.1) is 0 Å². The van der Waals surface area contributed by atoms with E-state index < -0.39 is 12.1 Å². The number of rotatable bonds is 4. The van der Waals surface area contributed by atoms with Crippen molar-refractivity contribution < 1.29 is 19.5 Å². The fraction of sp³-hybridized carbons (Fsp3) is 0.769. The van der Waals surface area contributed by atoms with Crippen LogP contribution in [0.15, 0.2) is 5.16 Å². The molecule has 0 aromatic heterocycles. The van der Waals surface area contributed by atoms with E-state index in [4.69, 9.17) is 9.94 Å². The maximum atomic E-state index is 12.2. The number of nitrogens with zero attached hydrogens (tertiary/aromatic N) is 3. The van der Waals surface area contributed by atoms with E-state index in [1.807, 2.05) is 0 Å². The van der Waals surface area contributed by atoms with Crippen molar-refractivity contribution in [2.45, 2.75) is 25.4 Å². The molecule has 1 saturated heterocycles. The minimum atomic E-state index is -1.12. The van der Waals surface area contributed by atoms with Gasteiger partial charge < -0.3 is 14.8 Å². The predicted molar refractivity (Wildman–Crippen MR) is 70.3 cm³/mol. The van der Waals surface area contributed by atoms with Gasteiger partial charge in [0.2, 0.25) is 6.10 Å². The van der Waals surface area contributed by atoms with Crippen LogP contribution in [0.4, 0.5) is 0 Å². The first-order valence-corrected chi connectivity index (χ1v) is 7.10. The van der Waals surface area contributed by atoms with Gasteiger partial charge in [0.1, 0.15) is 0 Å². The minimum Gasteiger partial charge on any atom is -0.477 e. The van der Waals surface area contributed by atoms with Gasteiger partial charge >= 0.3 is 5.97 Å². The predicted octanol–water partition coefficient (Wildman–Crippen LogP) is -0.230. The van der Waals surface area contributed by atoms with E-state index in [9.17, 15) is 9.59 Å². The van der Waals surface area contributed by atoms with Crippen molar-refractivity contribution in [1.82, 2.24) is 9.80 Å². The summed E-state index contributed by atoms with van der Waals surface area (Å²) in [5.74, 6) is -0.396. The second kappa shape index (κ2) is 5.40. The van der Waals surface area contributed by atoms with Crippen LogP contribution < -0.4 is 0 Å². The lowest BCUT2D eigenvalue weighted by molar-refractivity contribution is -0.143. The Hall–Kier alpha value is -1.63. The van der Waals surface area contributed by atoms with Crippen LogP contribution in [0, 0.1) is 5.92 Å². The third kappa shape index (κ3) is 2.92. The smallest absolute Gasteiger partial charge is 0.353 e. The third-order valence-corrected chi connectivity index (χ3v) is 4.09. The van der Waals surface area contributed by atoms with Crippen molar-refractivity contribution in [2.75, 3.05) is 32.7 Å². The molecule has 0 spiro atoms. The molecule has 1 saturated carbocycles. The first-order chi connectivity index (χ1) is 9.63. The van der Waals surface area contributed by atoms with Crippen LogP contribution in [-0.2, 0) is 14.4 Å². The fourth-order valence-corrected chi connectivity index (χ4v) is 2.66. The largest absolute Gasteiger partial charge is 0.477 e. The lowest BCUT2D eigenvalue weighted by Gasteiger charge is -2.35. The van der Waals surface area contributed by atoms with Gasteiger partial charge in [-0.25, -0.2) is 4.79 Å². The average molecular weight is 281 g/mol. The lowest BCUT2D eigenvalue weighted by Crippen LogP contribution is -2.51. The van der Waals surface area contributed by atoms with Crippen molar-refractivity contribution in [3.63, 3.8) is 0 Å². The Morgan fingerprint density at radius 3 is 2.50 bits per heavy atom. The molecule has 1 unspecified atom stereocenters. The van der Waals surface area contributed by atoms with E-state index in [2.05, 4.69) is 10.1 Å². The number of hydrogen-bond donors (Lipinski definition) is 1. The van der Waals surface area contributed by atoms with Crippen LogP contribution in [0.3, 0.4) is 0 Å². The van der Waals surface area contributed by atoms with Crippen LogP contribution in [0.1, 0.15) is 19.3 Å². The maximum Gasteiger partial charge on any atom is 0.353 e. The molecule has 0 aromatic carbocycles. The molecule has 2 aliphatic heterocycles. The Morgan fingerprint density at radius 1 is 1.25 bits per heavy atom. The van der Waals surface area contributed by atoms with Crippen LogP contribution in [0.25, 0.3) is 0 Å². The van der Waals surface area contributed by atoms with E-state index in [1.54, 1.807) is 4.90 Å². The van der Waals surface area contributed by atoms with E-state index >= 15 is 0 Å². The summed E-state index contributed by atoms with van der Waals surface area (Å²) in [5, 5.41) is 12.3. The van der Waals surface area contributed by atoms with Gasteiger partial charge in [0.25, 0.3) is 5.91 Å². The zero-order valence-electron chi connectivity index (χ0n) is 11.3. The zero-order chi connectivity index (χ0) is 14.1. The minimum absolute atomic E-state index is 0.0659. The lowest BCUT2D eigenvalue weighted by atomic mass is 10.1. The molecule has 0 aromatic rings. The molecule has 0 radical (unpaired) electrons. The monoisotopic (exact) mass is 281 g/mol. The van der Waals surface area contributed by atoms with Crippen molar-refractivity contribution in [1.29, 1.82) is 0 Å². The second-order valence-electron chi connectivity index (χ2n) is 5.71. The molecule has 1 atom stereocenters. The van der Waals surface area contributed by atoms with Crippen LogP contribution in [0.2, 0.25) is 0 Å². The summed E-state index contributed by atoms with van der Waals surface area (Å²) in [6.07, 6.45) is 1.99. The van der Waals surface area contributed by atoms with E-state index in [0.717, 1.165) is 25.6 Å². The van der Waals surface area contributed by atoms with E-state index in [1.165, 1.54) is 12.8 Å². The third-order valence-electron chi connectivity index (χ3n) is 4.09. The number of hydrogen-bond acceptors (Lipinski definition) is 5. The highest BCUT2D eigenvalue weighted by atomic mass is 16.6. The molecule has 7 heteroatoms. The molecule has 2 fully saturated rings. The Balaban J connectivity index is 1.46. The van der Waals surface area contributed by atoms with Gasteiger partial charge in [-0.3, -0.25) is 9.69 Å². The van der Waals surface area contributed by atoms with E-state index in [0.29, 0.717) is 13.1 Å². The molecular weight excluding hydrogens is 262 g/mol. The van der Waals surface area contributed by atoms with Gasteiger partial charge in [0.15, 0.2) is 5.71 Å². The highest BCUT2D eigenvalue weighted by Crippen LogP contribution is 2.30. The second-order valence-corrected chi connectivity index (χ2v) is 5.71. The molecule has 1 N–H and O–H groups in total. The number of aliphatic carboxylic acids is 1. The SMILES string of the molecule is O=C(O)C1=NOC(C(=O)N2CCN(CC3CC3)CC2)C1. The average Bonchev–Trinajstić information content (AvgIpc) is 3.11. The van der Waals surface area contributed by atoms with Crippen molar-refractivity contribution in [3.8, 4) is 0 Å².